The van der Waals surface area contributed by atoms with Crippen LogP contribution in [0.2, 0.25) is 0 Å². The number of piperidine rings is 2. The fraction of sp³-hybridized carbons (Fsp3) is 0.476. The number of nitrogens with one attached hydrogen (secondary N) is 1. The van der Waals surface area contributed by atoms with Crippen molar-refractivity contribution in [3.8, 4) is 11.5 Å². The molecule has 1 atom stereocenters. The minimum Gasteiger partial charge on any atom is -0.488 e. The number of amides is 4. The third-order valence-corrected chi connectivity index (χ3v) is 5.99. The van der Waals surface area contributed by atoms with E-state index in [1.54, 1.807) is 0 Å². The first-order valence-corrected chi connectivity index (χ1v) is 10.5. The van der Waals surface area contributed by atoms with Gasteiger partial charge in [0.1, 0.15) is 12.6 Å². The normalized spacial score (nSPS) is 22.0. The second kappa shape index (κ2) is 9.05. The van der Waals surface area contributed by atoms with E-state index in [9.17, 15) is 24.0 Å². The average molecular weight is 444 g/mol. The van der Waals surface area contributed by atoms with Crippen LogP contribution in [-0.4, -0.2) is 78.2 Å². The summed E-state index contributed by atoms with van der Waals surface area (Å²) in [5.41, 5.74) is 5.79. The molecular formula is C21H24N4O7. The molecule has 11 nitrogen and oxygen atoms in total. The number of nitrogens with zero attached hydrogens (tertiary/aromatic N) is 2. The van der Waals surface area contributed by atoms with Gasteiger partial charge in [-0.2, -0.15) is 0 Å². The maximum atomic E-state index is 13.1. The summed E-state index contributed by atoms with van der Waals surface area (Å²) in [6.07, 6.45) is 1.86. The maximum absolute atomic E-state index is 13.1. The summed E-state index contributed by atoms with van der Waals surface area (Å²) >= 11 is 0. The molecule has 1 unspecified atom stereocenters. The zero-order chi connectivity index (χ0) is 22.8. The number of ether oxygens (including phenoxy) is 2. The number of rotatable bonds is 7. The Labute approximate surface area is 183 Å². The standard InChI is InChI=1S/C21H24N4O7/c22-12-5-7-24(8-6-12)9-10-31-15-3-1-13-17(18(15)32-11-26)21(30)25(20(13)29)14-2-4-16(27)23-19(14)28/h1,3,11-12,14H,2,4-10,22H2,(H,23,27,28). The molecule has 1 aromatic rings. The van der Waals surface area contributed by atoms with Gasteiger partial charge in [-0.25, -0.2) is 0 Å². The topological polar surface area (TPSA) is 148 Å². The largest absolute Gasteiger partial charge is 0.488 e. The number of hydrogen-bond donors (Lipinski definition) is 2. The molecule has 1 aromatic carbocycles. The Hall–Kier alpha value is -3.31. The van der Waals surface area contributed by atoms with Crippen molar-refractivity contribution >= 4 is 30.1 Å². The van der Waals surface area contributed by atoms with Crippen LogP contribution in [0.1, 0.15) is 46.4 Å². The van der Waals surface area contributed by atoms with Gasteiger partial charge >= 0.3 is 0 Å². The van der Waals surface area contributed by atoms with Gasteiger partial charge in [-0.3, -0.25) is 39.1 Å². The molecule has 2 fully saturated rings. The average Bonchev–Trinajstić information content (AvgIpc) is 3.01. The van der Waals surface area contributed by atoms with E-state index in [0.717, 1.165) is 30.8 Å². The number of fused-ring (bicyclic) bond motifs is 1. The number of hydrogen-bond acceptors (Lipinski definition) is 9. The summed E-state index contributed by atoms with van der Waals surface area (Å²) < 4.78 is 10.8. The zero-order valence-electron chi connectivity index (χ0n) is 17.4. The smallest absolute Gasteiger partial charge is 0.298 e. The van der Waals surface area contributed by atoms with Crippen LogP contribution in [0.4, 0.5) is 0 Å². The molecule has 3 aliphatic rings. The fourth-order valence-corrected chi connectivity index (χ4v) is 4.25. The van der Waals surface area contributed by atoms with Crippen LogP contribution in [0.25, 0.3) is 0 Å². The highest BCUT2D eigenvalue weighted by Crippen LogP contribution is 2.39. The predicted octanol–water partition coefficient (Wildman–Crippen LogP) is -0.575. The van der Waals surface area contributed by atoms with Crippen molar-refractivity contribution in [2.45, 2.75) is 37.8 Å². The van der Waals surface area contributed by atoms with Gasteiger partial charge in [0.2, 0.25) is 11.8 Å². The van der Waals surface area contributed by atoms with E-state index in [1.807, 2.05) is 0 Å². The van der Waals surface area contributed by atoms with Gasteiger partial charge in [-0.15, -0.1) is 0 Å². The van der Waals surface area contributed by atoms with E-state index in [2.05, 4.69) is 10.2 Å². The Morgan fingerprint density at radius 2 is 1.84 bits per heavy atom. The second-order valence-electron chi connectivity index (χ2n) is 8.00. The Morgan fingerprint density at radius 3 is 2.53 bits per heavy atom. The molecule has 11 heteroatoms. The molecule has 4 rings (SSSR count). The van der Waals surface area contributed by atoms with Crippen molar-refractivity contribution in [2.75, 3.05) is 26.2 Å². The molecule has 0 radical (unpaired) electrons. The number of carbonyl (C=O) groups excluding carboxylic acids is 5. The Morgan fingerprint density at radius 1 is 1.09 bits per heavy atom. The minimum absolute atomic E-state index is 0.00826. The van der Waals surface area contributed by atoms with E-state index in [-0.39, 0.29) is 54.6 Å². The van der Waals surface area contributed by atoms with Crippen molar-refractivity contribution in [2.24, 2.45) is 5.73 Å². The summed E-state index contributed by atoms with van der Waals surface area (Å²) in [6, 6.07) is 1.98. The Balaban J connectivity index is 1.53. The molecule has 0 spiro atoms. The van der Waals surface area contributed by atoms with E-state index in [0.29, 0.717) is 6.54 Å². The summed E-state index contributed by atoms with van der Waals surface area (Å²) in [7, 11) is 0. The molecule has 0 saturated carbocycles. The molecule has 3 heterocycles. The second-order valence-corrected chi connectivity index (χ2v) is 8.00. The van der Waals surface area contributed by atoms with Crippen LogP contribution >= 0.6 is 0 Å². The maximum Gasteiger partial charge on any atom is 0.298 e. The summed E-state index contributed by atoms with van der Waals surface area (Å²) in [6.45, 7) is 2.78. The van der Waals surface area contributed by atoms with Gasteiger partial charge < -0.3 is 15.2 Å². The van der Waals surface area contributed by atoms with Crippen molar-refractivity contribution < 1.29 is 33.4 Å². The van der Waals surface area contributed by atoms with Crippen LogP contribution < -0.4 is 20.5 Å². The first-order valence-electron chi connectivity index (χ1n) is 10.5. The number of imide groups is 2. The van der Waals surface area contributed by atoms with Crippen molar-refractivity contribution in [1.29, 1.82) is 0 Å². The van der Waals surface area contributed by atoms with Gasteiger partial charge in [0.05, 0.1) is 11.1 Å². The van der Waals surface area contributed by atoms with Crippen LogP contribution in [0.5, 0.6) is 11.5 Å². The summed E-state index contributed by atoms with van der Waals surface area (Å²) in [4.78, 5) is 63.8. The Kier molecular flexibility index (Phi) is 6.19. The van der Waals surface area contributed by atoms with Gasteiger partial charge in [0.15, 0.2) is 11.5 Å². The molecule has 0 aliphatic carbocycles. The van der Waals surface area contributed by atoms with E-state index >= 15 is 0 Å². The molecule has 32 heavy (non-hydrogen) atoms. The fourth-order valence-electron chi connectivity index (χ4n) is 4.25. The third kappa shape index (κ3) is 4.08. The highest BCUT2D eigenvalue weighted by Gasteiger charge is 2.46. The molecule has 2 saturated heterocycles. The predicted molar refractivity (Wildman–Crippen MR) is 109 cm³/mol. The molecule has 0 aromatic heterocycles. The summed E-state index contributed by atoms with van der Waals surface area (Å²) in [5.74, 6) is -2.65. The van der Waals surface area contributed by atoms with E-state index in [1.165, 1.54) is 12.1 Å². The van der Waals surface area contributed by atoms with E-state index in [4.69, 9.17) is 15.2 Å². The van der Waals surface area contributed by atoms with Crippen LogP contribution in [0, 0.1) is 0 Å². The first-order chi connectivity index (χ1) is 15.4. The quantitative estimate of drug-likeness (QED) is 0.416. The molecule has 0 bridgehead atoms. The van der Waals surface area contributed by atoms with Crippen LogP contribution in [-0.2, 0) is 14.4 Å². The van der Waals surface area contributed by atoms with Gasteiger partial charge in [0.25, 0.3) is 18.3 Å². The highest BCUT2D eigenvalue weighted by atomic mass is 16.5. The van der Waals surface area contributed by atoms with Crippen LogP contribution in [0.3, 0.4) is 0 Å². The lowest BCUT2D eigenvalue weighted by atomic mass is 10.0. The van der Waals surface area contributed by atoms with Crippen molar-refractivity contribution in [1.82, 2.24) is 15.1 Å². The first kappa shape index (κ1) is 21.9. The highest BCUT2D eigenvalue weighted by molar-refractivity contribution is 6.25. The minimum atomic E-state index is -1.11. The molecular weight excluding hydrogens is 420 g/mol. The molecule has 170 valence electrons. The number of nitrogens with two attached hydrogens (primary N) is 1. The third-order valence-electron chi connectivity index (χ3n) is 5.99. The molecule has 3 N–H and O–H groups in total. The van der Waals surface area contributed by atoms with Gasteiger partial charge in [-0.1, -0.05) is 0 Å². The van der Waals surface area contributed by atoms with Gasteiger partial charge in [-0.05, 0) is 44.5 Å². The number of carbonyl (C=O) groups is 5. The monoisotopic (exact) mass is 444 g/mol. The zero-order valence-corrected chi connectivity index (χ0v) is 17.4. The number of benzene rings is 1. The van der Waals surface area contributed by atoms with Crippen molar-refractivity contribution in [3.63, 3.8) is 0 Å². The van der Waals surface area contributed by atoms with Gasteiger partial charge in [0, 0.05) is 19.0 Å². The summed E-state index contributed by atoms with van der Waals surface area (Å²) in [5, 5.41) is 2.14. The Bertz CT molecular complexity index is 971. The van der Waals surface area contributed by atoms with Crippen molar-refractivity contribution in [3.05, 3.63) is 23.3 Å². The lowest BCUT2D eigenvalue weighted by Gasteiger charge is -2.29. The number of likely N-dealkylation sites (tertiary alicyclic amines) is 1. The molecule has 3 aliphatic heterocycles. The molecule has 4 amide bonds. The lowest BCUT2D eigenvalue weighted by Crippen LogP contribution is -2.54. The SMILES string of the molecule is NC1CCN(CCOc2ccc3c(c2OC=O)C(=O)N(C2CCC(=O)NC2=O)C3=O)CC1. The van der Waals surface area contributed by atoms with Crippen LogP contribution in [0.15, 0.2) is 12.1 Å². The van der Waals surface area contributed by atoms with E-state index < -0.39 is 29.7 Å². The lowest BCUT2D eigenvalue weighted by molar-refractivity contribution is -0.136.